The number of carbonyl (C=O) groups is 1. The van der Waals surface area contributed by atoms with E-state index < -0.39 is 0 Å². The zero-order valence-corrected chi connectivity index (χ0v) is 13.4. The Bertz CT molecular complexity index is 281. The van der Waals surface area contributed by atoms with Crippen molar-refractivity contribution in [3.63, 3.8) is 0 Å². The van der Waals surface area contributed by atoms with Crippen LogP contribution in [-0.4, -0.2) is 43.7 Å². The highest BCUT2D eigenvalue weighted by atomic mass is 35.5. The van der Waals surface area contributed by atoms with Crippen molar-refractivity contribution >= 4 is 18.3 Å². The minimum absolute atomic E-state index is 0. The molecule has 0 aromatic rings. The molecule has 0 saturated carbocycles. The number of nitrogens with two attached hydrogens (primary N) is 1. The van der Waals surface area contributed by atoms with Gasteiger partial charge in [0.2, 0.25) is 5.91 Å². The minimum Gasteiger partial charge on any atom is -0.381 e. The van der Waals surface area contributed by atoms with E-state index in [0.29, 0.717) is 0 Å². The minimum atomic E-state index is -0.359. The topological polar surface area (TPSA) is 55.6 Å². The quantitative estimate of drug-likeness (QED) is 0.553. The first-order valence-corrected chi connectivity index (χ1v) is 7.36. The van der Waals surface area contributed by atoms with Crippen molar-refractivity contribution in [3.8, 4) is 0 Å². The lowest BCUT2D eigenvalue weighted by Gasteiger charge is -2.29. The van der Waals surface area contributed by atoms with Gasteiger partial charge in [-0.2, -0.15) is 0 Å². The summed E-state index contributed by atoms with van der Waals surface area (Å²) in [6, 6.07) is -0.359. The predicted molar refractivity (Wildman–Crippen MR) is 85.1 cm³/mol. The number of hydrogen-bond acceptors (Lipinski definition) is 3. The summed E-state index contributed by atoms with van der Waals surface area (Å²) in [7, 11) is 1.86. The molecule has 1 aliphatic rings. The van der Waals surface area contributed by atoms with Gasteiger partial charge in [0.15, 0.2) is 0 Å². The van der Waals surface area contributed by atoms with Crippen LogP contribution in [0, 0.1) is 5.92 Å². The van der Waals surface area contributed by atoms with E-state index in [1.54, 1.807) is 4.90 Å². The number of rotatable bonds is 8. The number of allylic oxidation sites excluding steroid dienone is 1. The average molecular weight is 305 g/mol. The van der Waals surface area contributed by atoms with Crippen LogP contribution in [0.4, 0.5) is 0 Å². The van der Waals surface area contributed by atoms with Gasteiger partial charge in [0.05, 0.1) is 6.04 Å². The van der Waals surface area contributed by atoms with Crippen molar-refractivity contribution in [1.82, 2.24) is 4.90 Å². The molecule has 4 nitrogen and oxygen atoms in total. The molecule has 1 unspecified atom stereocenters. The van der Waals surface area contributed by atoms with Gasteiger partial charge in [0.1, 0.15) is 0 Å². The molecule has 1 aliphatic heterocycles. The molecule has 1 rings (SSSR count). The zero-order chi connectivity index (χ0) is 14.1. The molecular weight excluding hydrogens is 276 g/mol. The Labute approximate surface area is 129 Å². The van der Waals surface area contributed by atoms with Crippen LogP contribution in [0.15, 0.2) is 12.7 Å². The van der Waals surface area contributed by atoms with Crippen molar-refractivity contribution in [1.29, 1.82) is 0 Å². The van der Waals surface area contributed by atoms with Crippen molar-refractivity contribution < 1.29 is 9.53 Å². The second-order valence-electron chi connectivity index (χ2n) is 5.37. The molecule has 0 bridgehead atoms. The molecule has 1 amide bonds. The van der Waals surface area contributed by atoms with E-state index in [1.807, 2.05) is 13.1 Å². The monoisotopic (exact) mass is 304 g/mol. The zero-order valence-electron chi connectivity index (χ0n) is 12.6. The maximum atomic E-state index is 12.2. The molecule has 0 radical (unpaired) electrons. The molecule has 0 spiro atoms. The van der Waals surface area contributed by atoms with E-state index in [2.05, 4.69) is 6.58 Å². The third-order valence-electron chi connectivity index (χ3n) is 3.84. The third-order valence-corrected chi connectivity index (χ3v) is 3.84. The van der Waals surface area contributed by atoms with Crippen LogP contribution in [0.1, 0.15) is 38.5 Å². The van der Waals surface area contributed by atoms with Gasteiger partial charge in [-0.05, 0) is 38.0 Å². The molecule has 0 aromatic carbocycles. The van der Waals surface area contributed by atoms with E-state index >= 15 is 0 Å². The van der Waals surface area contributed by atoms with Crippen LogP contribution >= 0.6 is 12.4 Å². The normalized spacial score (nSPS) is 17.1. The molecular formula is C15H29ClN2O2. The van der Waals surface area contributed by atoms with Gasteiger partial charge in [-0.15, -0.1) is 19.0 Å². The highest BCUT2D eigenvalue weighted by Gasteiger charge is 2.28. The smallest absolute Gasteiger partial charge is 0.239 e. The number of likely N-dealkylation sites (N-methyl/N-ethyl adjacent to an activating group) is 1. The van der Waals surface area contributed by atoms with Crippen molar-refractivity contribution in [2.24, 2.45) is 11.7 Å². The second-order valence-corrected chi connectivity index (χ2v) is 5.37. The highest BCUT2D eigenvalue weighted by Crippen LogP contribution is 2.18. The summed E-state index contributed by atoms with van der Waals surface area (Å²) in [4.78, 5) is 14.0. The standard InChI is InChI=1S/C15H28N2O2.ClH/c1-3-4-5-6-7-10-17(2)15(18)14(16)13-8-11-19-12-9-13;/h3,13-14H,1,4-12,16H2,2H3;1H. The van der Waals surface area contributed by atoms with Crippen molar-refractivity contribution in [2.75, 3.05) is 26.8 Å². The highest BCUT2D eigenvalue weighted by molar-refractivity contribution is 5.85. The second kappa shape index (κ2) is 11.1. The first-order valence-electron chi connectivity index (χ1n) is 7.36. The summed E-state index contributed by atoms with van der Waals surface area (Å²) in [6.07, 6.45) is 8.12. The summed E-state index contributed by atoms with van der Waals surface area (Å²) in [5.41, 5.74) is 6.08. The lowest BCUT2D eigenvalue weighted by atomic mass is 9.91. The number of hydrogen-bond donors (Lipinski definition) is 1. The number of nitrogens with zero attached hydrogens (tertiary/aromatic N) is 1. The van der Waals surface area contributed by atoms with Gasteiger partial charge in [-0.3, -0.25) is 4.79 Å². The maximum Gasteiger partial charge on any atom is 0.239 e. The van der Waals surface area contributed by atoms with Crippen LogP contribution in [0.25, 0.3) is 0 Å². The van der Waals surface area contributed by atoms with E-state index in [4.69, 9.17) is 10.5 Å². The van der Waals surface area contributed by atoms with E-state index in [0.717, 1.165) is 58.3 Å². The molecule has 1 saturated heterocycles. The number of carbonyl (C=O) groups excluding carboxylic acids is 1. The van der Waals surface area contributed by atoms with Crippen LogP contribution < -0.4 is 5.73 Å². The van der Waals surface area contributed by atoms with Crippen LogP contribution in [0.2, 0.25) is 0 Å². The van der Waals surface area contributed by atoms with Gasteiger partial charge in [0.25, 0.3) is 0 Å². The van der Waals surface area contributed by atoms with E-state index in [1.165, 1.54) is 0 Å². The fraction of sp³-hybridized carbons (Fsp3) is 0.800. The largest absolute Gasteiger partial charge is 0.381 e. The number of halogens is 1. The molecule has 5 heteroatoms. The van der Waals surface area contributed by atoms with Gasteiger partial charge in [-0.1, -0.05) is 12.5 Å². The van der Waals surface area contributed by atoms with Gasteiger partial charge in [0, 0.05) is 26.8 Å². The molecule has 0 aliphatic carbocycles. The summed E-state index contributed by atoms with van der Waals surface area (Å²) >= 11 is 0. The van der Waals surface area contributed by atoms with Crippen LogP contribution in [0.3, 0.4) is 0 Å². The van der Waals surface area contributed by atoms with Gasteiger partial charge in [-0.25, -0.2) is 0 Å². The fourth-order valence-electron chi connectivity index (χ4n) is 2.46. The first kappa shape index (κ1) is 19.4. The number of ether oxygens (including phenoxy) is 1. The van der Waals surface area contributed by atoms with Crippen LogP contribution in [-0.2, 0) is 9.53 Å². The Morgan fingerprint density at radius 1 is 1.40 bits per heavy atom. The predicted octanol–water partition coefficient (Wildman–Crippen LogP) is 2.37. The molecule has 1 fully saturated rings. The Morgan fingerprint density at radius 2 is 2.05 bits per heavy atom. The molecule has 118 valence electrons. The van der Waals surface area contributed by atoms with Crippen LogP contribution in [0.5, 0.6) is 0 Å². The first-order chi connectivity index (χ1) is 9.16. The van der Waals surface area contributed by atoms with E-state index in [9.17, 15) is 4.79 Å². The van der Waals surface area contributed by atoms with Crippen molar-refractivity contribution in [3.05, 3.63) is 12.7 Å². The Kier molecular flexibility index (Phi) is 10.8. The van der Waals surface area contributed by atoms with Gasteiger partial charge >= 0.3 is 0 Å². The Morgan fingerprint density at radius 3 is 2.65 bits per heavy atom. The molecule has 0 aromatic heterocycles. The van der Waals surface area contributed by atoms with Crippen molar-refractivity contribution in [2.45, 2.75) is 44.6 Å². The van der Waals surface area contributed by atoms with Gasteiger partial charge < -0.3 is 15.4 Å². The summed E-state index contributed by atoms with van der Waals surface area (Å²) < 4.78 is 5.30. The molecule has 20 heavy (non-hydrogen) atoms. The number of amides is 1. The lowest BCUT2D eigenvalue weighted by molar-refractivity contribution is -0.133. The third kappa shape index (κ3) is 6.73. The maximum absolute atomic E-state index is 12.2. The molecule has 1 heterocycles. The summed E-state index contributed by atoms with van der Waals surface area (Å²) in [5.74, 6) is 0.361. The SMILES string of the molecule is C=CCCCCCN(C)C(=O)C(N)C1CCOCC1.Cl. The number of unbranched alkanes of at least 4 members (excludes halogenated alkanes) is 3. The Balaban J connectivity index is 0.00000361. The fourth-order valence-corrected chi connectivity index (χ4v) is 2.46. The summed E-state index contributed by atoms with van der Waals surface area (Å²) in [5, 5.41) is 0. The lowest BCUT2D eigenvalue weighted by Crippen LogP contribution is -2.47. The Hall–Kier alpha value is -0.580. The average Bonchev–Trinajstić information content (AvgIpc) is 2.46. The molecule has 2 N–H and O–H groups in total. The summed E-state index contributed by atoms with van der Waals surface area (Å²) in [6.45, 7) is 5.97. The van der Waals surface area contributed by atoms with E-state index in [-0.39, 0.29) is 30.3 Å². The molecule has 1 atom stereocenters.